The Kier molecular flexibility index (Phi) is 10.5. The minimum Gasteiger partial charge on any atom is -0.284 e. The van der Waals surface area contributed by atoms with E-state index >= 15 is 0 Å². The van der Waals surface area contributed by atoms with Crippen molar-refractivity contribution in [2.24, 2.45) is 5.14 Å². The highest BCUT2D eigenvalue weighted by Gasteiger charge is 2.20. The second-order valence-corrected chi connectivity index (χ2v) is 18.5. The third-order valence-corrected chi connectivity index (χ3v) is 11.9. The third kappa shape index (κ3) is 8.46. The molecule has 4 N–H and O–H groups in total. The van der Waals surface area contributed by atoms with Crippen LogP contribution in [0.1, 0.15) is 22.5 Å². The predicted octanol–water partition coefficient (Wildman–Crippen LogP) is 9.80. The number of aryl methyl sites for hydroxylation is 2. The summed E-state index contributed by atoms with van der Waals surface area (Å²) in [6.07, 6.45) is 7.45. The van der Waals surface area contributed by atoms with Crippen LogP contribution < -0.4 is 14.6 Å². The number of fused-ring (bicyclic) bond motifs is 5. The second kappa shape index (κ2) is 16.1. The molecule has 0 amide bonds. The molecule has 0 spiro atoms. The van der Waals surface area contributed by atoms with Crippen molar-refractivity contribution in [2.45, 2.75) is 26.7 Å². The topological polar surface area (TPSA) is 154 Å². The van der Waals surface area contributed by atoms with Crippen molar-refractivity contribution in [3.8, 4) is 33.9 Å². The Labute approximate surface area is 360 Å². The Morgan fingerprint density at radius 2 is 1.08 bits per heavy atom. The highest BCUT2D eigenvalue weighted by Crippen LogP contribution is 2.38. The maximum Gasteiger partial charge on any atom is 0.296 e. The van der Waals surface area contributed by atoms with Crippen LogP contribution in [0.2, 0.25) is 0 Å². The van der Waals surface area contributed by atoms with Crippen LogP contribution in [0.4, 0.5) is 11.4 Å². The van der Waals surface area contributed by atoms with Crippen molar-refractivity contribution in [2.75, 3.05) is 15.7 Å². The van der Waals surface area contributed by atoms with Crippen molar-refractivity contribution in [3.05, 3.63) is 180 Å². The number of nitrogens with zero attached hydrogens (tertiary/aromatic N) is 4. The van der Waals surface area contributed by atoms with Crippen molar-refractivity contribution in [1.29, 1.82) is 0 Å². The molecule has 0 saturated carbocycles. The van der Waals surface area contributed by atoms with Gasteiger partial charge < -0.3 is 0 Å². The molecule has 0 saturated heterocycles. The van der Waals surface area contributed by atoms with Crippen LogP contribution in [0.25, 0.3) is 66.2 Å². The third-order valence-electron chi connectivity index (χ3n) is 10.8. The van der Waals surface area contributed by atoms with Crippen molar-refractivity contribution in [1.82, 2.24) is 19.6 Å². The van der Waals surface area contributed by atoms with Gasteiger partial charge in [0.2, 0.25) is 10.0 Å². The first-order chi connectivity index (χ1) is 29.8. The fraction of sp³-hybridized carbons (Fsp3) is 0.102. The van der Waals surface area contributed by atoms with Gasteiger partial charge in [0.25, 0.3) is 10.2 Å². The van der Waals surface area contributed by atoms with E-state index in [1.54, 1.807) is 36.4 Å². The summed E-state index contributed by atoms with van der Waals surface area (Å²) in [6, 6.07) is 48.3. The second-order valence-electron chi connectivity index (χ2n) is 15.5. The van der Waals surface area contributed by atoms with Gasteiger partial charge in [-0.15, -0.1) is 0 Å². The van der Waals surface area contributed by atoms with Gasteiger partial charge >= 0.3 is 0 Å². The quantitative estimate of drug-likeness (QED) is 0.102. The minimum atomic E-state index is -3.81. The summed E-state index contributed by atoms with van der Waals surface area (Å²) in [5.41, 5.74) is 11.4. The maximum atomic E-state index is 11.5. The molecule has 310 valence electrons. The summed E-state index contributed by atoms with van der Waals surface area (Å²) in [4.78, 5) is 0. The molecular formula is C49H43N7O4S2. The Hall–Kier alpha value is -7.06. The minimum absolute atomic E-state index is 0.397. The Morgan fingerprint density at radius 1 is 0.548 bits per heavy atom. The first kappa shape index (κ1) is 40.4. The lowest BCUT2D eigenvalue weighted by molar-refractivity contribution is 0.602. The van der Waals surface area contributed by atoms with Crippen LogP contribution in [0, 0.1) is 13.8 Å². The molecule has 9 aromatic rings. The van der Waals surface area contributed by atoms with E-state index in [-0.39, 0.29) is 0 Å². The number of allylic oxidation sites excluding steroid dienone is 2. The van der Waals surface area contributed by atoms with Gasteiger partial charge in [-0.05, 0) is 137 Å². The molecule has 2 heterocycles. The molecule has 0 bridgehead atoms. The van der Waals surface area contributed by atoms with Crippen LogP contribution >= 0.6 is 0 Å². The van der Waals surface area contributed by atoms with E-state index < -0.39 is 20.2 Å². The Morgan fingerprint density at radius 3 is 1.74 bits per heavy atom. The molecule has 0 unspecified atom stereocenters. The number of nitrogens with one attached hydrogen (secondary N) is 2. The molecule has 0 radical (unpaired) electrons. The monoisotopic (exact) mass is 857 g/mol. The number of aromatic nitrogens is 4. The van der Waals surface area contributed by atoms with Gasteiger partial charge in [-0.1, -0.05) is 91.0 Å². The number of hydrogen-bond donors (Lipinski definition) is 3. The molecule has 0 aliphatic heterocycles. The molecule has 10 rings (SSSR count). The molecule has 2 aromatic heterocycles. The number of rotatable bonds is 8. The normalized spacial score (nSPS) is 12.6. The van der Waals surface area contributed by atoms with Gasteiger partial charge in [0.1, 0.15) is 0 Å². The fourth-order valence-electron chi connectivity index (χ4n) is 8.24. The maximum absolute atomic E-state index is 11.5. The molecular weight excluding hydrogens is 815 g/mol. The summed E-state index contributed by atoms with van der Waals surface area (Å²) in [6.45, 7) is 3.95. The predicted molar refractivity (Wildman–Crippen MR) is 252 cm³/mol. The van der Waals surface area contributed by atoms with E-state index in [1.165, 1.54) is 43.6 Å². The highest BCUT2D eigenvalue weighted by molar-refractivity contribution is 7.92. The summed E-state index contributed by atoms with van der Waals surface area (Å²) in [5, 5.41) is 21.7. The van der Waals surface area contributed by atoms with E-state index in [1.807, 2.05) is 47.5 Å². The molecule has 0 atom stereocenters. The number of hydrogen-bond acceptors (Lipinski definition) is 6. The number of nitrogens with two attached hydrogens (primary N) is 1. The largest absolute Gasteiger partial charge is 0.296 e. The zero-order valence-corrected chi connectivity index (χ0v) is 35.9. The molecule has 1 aliphatic rings. The van der Waals surface area contributed by atoms with Crippen molar-refractivity contribution >= 4 is 63.9 Å². The lowest BCUT2D eigenvalue weighted by Crippen LogP contribution is -2.21. The molecule has 11 nitrogen and oxygen atoms in total. The van der Waals surface area contributed by atoms with E-state index in [0.717, 1.165) is 64.2 Å². The van der Waals surface area contributed by atoms with Crippen LogP contribution in [0.15, 0.2) is 158 Å². The van der Waals surface area contributed by atoms with Crippen molar-refractivity contribution < 1.29 is 16.8 Å². The van der Waals surface area contributed by atoms with Crippen LogP contribution in [-0.2, 0) is 33.1 Å². The van der Waals surface area contributed by atoms with Gasteiger partial charge in [0.15, 0.2) is 0 Å². The Bertz CT molecular complexity index is 3430. The van der Waals surface area contributed by atoms with Gasteiger partial charge in [0.05, 0.1) is 40.4 Å². The summed E-state index contributed by atoms with van der Waals surface area (Å²) in [7, 11) is -7.13. The Balaban J connectivity index is 0.000000158. The van der Waals surface area contributed by atoms with Gasteiger partial charge in [0, 0.05) is 22.5 Å². The smallest absolute Gasteiger partial charge is 0.284 e. The number of benzene rings is 7. The first-order valence-electron chi connectivity index (χ1n) is 20.0. The van der Waals surface area contributed by atoms with Gasteiger partial charge in [-0.25, -0.2) is 22.9 Å². The summed E-state index contributed by atoms with van der Waals surface area (Å²) < 4.78 is 54.1. The van der Waals surface area contributed by atoms with Gasteiger partial charge in [-0.2, -0.15) is 18.6 Å². The van der Waals surface area contributed by atoms with Crippen LogP contribution in [0.5, 0.6) is 0 Å². The summed E-state index contributed by atoms with van der Waals surface area (Å²) >= 11 is 0. The zero-order chi connectivity index (χ0) is 43.2. The molecule has 0 fully saturated rings. The fourth-order valence-corrected chi connectivity index (χ4v) is 9.27. The van der Waals surface area contributed by atoms with E-state index in [9.17, 15) is 16.8 Å². The first-order valence-corrected chi connectivity index (χ1v) is 23.4. The highest BCUT2D eigenvalue weighted by atomic mass is 32.2. The van der Waals surface area contributed by atoms with E-state index in [2.05, 4.69) is 112 Å². The lowest BCUT2D eigenvalue weighted by Gasteiger charge is -2.20. The average molecular weight is 858 g/mol. The van der Waals surface area contributed by atoms with E-state index in [4.69, 9.17) is 10.2 Å². The van der Waals surface area contributed by atoms with Gasteiger partial charge in [-0.3, -0.25) is 9.44 Å². The molecule has 7 aromatic carbocycles. The van der Waals surface area contributed by atoms with E-state index in [0.29, 0.717) is 11.4 Å². The molecule has 13 heteroatoms. The molecule has 1 aliphatic carbocycles. The molecule has 62 heavy (non-hydrogen) atoms. The average Bonchev–Trinajstić information content (AvgIpc) is 3.84. The number of sulfonamides is 1. The lowest BCUT2D eigenvalue weighted by atomic mass is 9.86. The number of anilines is 2. The standard InChI is InChI=1S/C25H23N3O2S.C24H20N4O2S/c1-17-15-24(28(26-17)21-13-11-20(12-14-21)27-31(2,29)30)25-22-9-5-3-7-18(22)16-19-8-4-6-10-23(19)25;1-16-14-24(28(26-16)21-11-9-20(10-12-21)27-31(25,29)30)19-8-13-23-18(15-19)7-6-17-4-2-3-5-22(17)23/h3-7,9,11-16,27H,8,10H2,1-2H3;2-15,27H,1H3,(H2,25,29,30). The summed E-state index contributed by atoms with van der Waals surface area (Å²) in [5.74, 6) is 0. The van der Waals surface area contributed by atoms with Crippen LogP contribution in [0.3, 0.4) is 0 Å². The van der Waals surface area contributed by atoms with Crippen LogP contribution in [-0.4, -0.2) is 42.7 Å². The zero-order valence-electron chi connectivity index (χ0n) is 34.2. The van der Waals surface area contributed by atoms with Crippen molar-refractivity contribution in [3.63, 3.8) is 0 Å². The SMILES string of the molecule is Cc1cc(-c2c3c(cc4ccccc24)CC=CC3)n(-c2ccc(NS(C)(=O)=O)cc2)n1.Cc1cc(-c2ccc3c(ccc4ccccc43)c2)n(-c2ccc(NS(N)(=O)=O)cc2)n1.